The van der Waals surface area contributed by atoms with Crippen molar-refractivity contribution in [3.63, 3.8) is 0 Å². The van der Waals surface area contributed by atoms with Gasteiger partial charge >= 0.3 is 0 Å². The molecule has 0 radical (unpaired) electrons. The van der Waals surface area contributed by atoms with Gasteiger partial charge in [-0.2, -0.15) is 0 Å². The lowest BCUT2D eigenvalue weighted by atomic mass is 10.1. The zero-order chi connectivity index (χ0) is 14.2. The number of aryl methyl sites for hydroxylation is 1. The van der Waals surface area contributed by atoms with E-state index >= 15 is 0 Å². The summed E-state index contributed by atoms with van der Waals surface area (Å²) in [7, 11) is 0. The van der Waals surface area contributed by atoms with E-state index < -0.39 is 0 Å². The summed E-state index contributed by atoms with van der Waals surface area (Å²) in [5, 5.41) is 7.33. The Morgan fingerprint density at radius 3 is 2.30 bits per heavy atom. The molecule has 3 N–H and O–H groups in total. The standard InChI is InChI=1S/C17H20N2O/c18-17(19)16-10-8-15(9-11-16)13-20-12-4-7-14-5-2-1-3-6-14/h1-3,5-6,8-11H,4,7,12-13H2,(H3,18,19). The Kier molecular flexibility index (Phi) is 5.33. The van der Waals surface area contributed by atoms with E-state index in [0.29, 0.717) is 6.61 Å². The van der Waals surface area contributed by atoms with Crippen LogP contribution < -0.4 is 5.73 Å². The van der Waals surface area contributed by atoms with Gasteiger partial charge in [-0.05, 0) is 24.0 Å². The maximum Gasteiger partial charge on any atom is 0.122 e. The molecule has 0 aliphatic rings. The lowest BCUT2D eigenvalue weighted by Gasteiger charge is -2.06. The maximum absolute atomic E-state index is 7.33. The number of benzene rings is 2. The third-order valence-electron chi connectivity index (χ3n) is 3.13. The van der Waals surface area contributed by atoms with Gasteiger partial charge in [-0.25, -0.2) is 0 Å². The first-order chi connectivity index (χ1) is 9.75. The SMILES string of the molecule is N=C(N)c1ccc(COCCCc2ccccc2)cc1. The lowest BCUT2D eigenvalue weighted by molar-refractivity contribution is 0.118. The molecule has 0 aromatic heterocycles. The summed E-state index contributed by atoms with van der Waals surface area (Å²) >= 11 is 0. The van der Waals surface area contributed by atoms with Crippen LogP contribution in [0.5, 0.6) is 0 Å². The first kappa shape index (κ1) is 14.3. The third kappa shape index (κ3) is 4.52. The topological polar surface area (TPSA) is 59.1 Å². The highest BCUT2D eigenvalue weighted by molar-refractivity contribution is 5.94. The summed E-state index contributed by atoms with van der Waals surface area (Å²) in [6.07, 6.45) is 2.07. The molecular formula is C17H20N2O. The molecule has 2 aromatic rings. The predicted octanol–water partition coefficient (Wildman–Crippen LogP) is 3.12. The Labute approximate surface area is 119 Å². The fourth-order valence-corrected chi connectivity index (χ4v) is 1.99. The second-order valence-electron chi connectivity index (χ2n) is 4.75. The molecule has 0 aliphatic heterocycles. The number of amidine groups is 1. The van der Waals surface area contributed by atoms with Crippen molar-refractivity contribution in [1.82, 2.24) is 0 Å². The quantitative estimate of drug-likeness (QED) is 0.460. The summed E-state index contributed by atoms with van der Waals surface area (Å²) < 4.78 is 5.66. The van der Waals surface area contributed by atoms with Gasteiger partial charge in [-0.1, -0.05) is 54.6 Å². The maximum atomic E-state index is 7.33. The van der Waals surface area contributed by atoms with Crippen LogP contribution in [-0.4, -0.2) is 12.4 Å². The molecule has 0 spiro atoms. The van der Waals surface area contributed by atoms with Crippen molar-refractivity contribution < 1.29 is 4.74 Å². The smallest absolute Gasteiger partial charge is 0.122 e. The molecule has 0 unspecified atom stereocenters. The van der Waals surface area contributed by atoms with Gasteiger partial charge in [-0.15, -0.1) is 0 Å². The molecule has 0 atom stereocenters. The van der Waals surface area contributed by atoms with Crippen LogP contribution in [-0.2, 0) is 17.8 Å². The van der Waals surface area contributed by atoms with E-state index in [1.807, 2.05) is 30.3 Å². The summed E-state index contributed by atoms with van der Waals surface area (Å²) in [5.74, 6) is 0.0975. The molecule has 2 aromatic carbocycles. The van der Waals surface area contributed by atoms with Gasteiger partial charge in [0.2, 0.25) is 0 Å². The highest BCUT2D eigenvalue weighted by Gasteiger charge is 1.98. The van der Waals surface area contributed by atoms with E-state index in [4.69, 9.17) is 15.9 Å². The molecule has 104 valence electrons. The van der Waals surface area contributed by atoms with Crippen LogP contribution in [0.15, 0.2) is 54.6 Å². The van der Waals surface area contributed by atoms with Crippen LogP contribution in [0.3, 0.4) is 0 Å². The molecule has 0 fully saturated rings. The van der Waals surface area contributed by atoms with E-state index in [-0.39, 0.29) is 5.84 Å². The third-order valence-corrected chi connectivity index (χ3v) is 3.13. The van der Waals surface area contributed by atoms with Crippen LogP contribution in [0.1, 0.15) is 23.1 Å². The zero-order valence-electron chi connectivity index (χ0n) is 11.5. The molecule has 0 amide bonds. The average Bonchev–Trinajstić information content (AvgIpc) is 2.48. The molecule has 3 heteroatoms. The number of ether oxygens (including phenoxy) is 1. The van der Waals surface area contributed by atoms with Crippen LogP contribution in [0.2, 0.25) is 0 Å². The van der Waals surface area contributed by atoms with Crippen molar-refractivity contribution in [1.29, 1.82) is 5.41 Å². The first-order valence-corrected chi connectivity index (χ1v) is 6.81. The number of nitrogen functional groups attached to an aromatic ring is 1. The fourth-order valence-electron chi connectivity index (χ4n) is 1.99. The Bertz CT molecular complexity index is 535. The molecule has 0 saturated heterocycles. The normalized spacial score (nSPS) is 10.4. The number of rotatable bonds is 7. The van der Waals surface area contributed by atoms with Crippen LogP contribution in [0.4, 0.5) is 0 Å². The predicted molar refractivity (Wildman–Crippen MR) is 81.9 cm³/mol. The summed E-state index contributed by atoms with van der Waals surface area (Å²) in [6.45, 7) is 1.36. The fraction of sp³-hybridized carbons (Fsp3) is 0.235. The van der Waals surface area contributed by atoms with Gasteiger partial charge in [0, 0.05) is 12.2 Å². The van der Waals surface area contributed by atoms with Gasteiger partial charge < -0.3 is 10.5 Å². The Hall–Kier alpha value is -2.13. The Balaban J connectivity index is 1.67. The van der Waals surface area contributed by atoms with Crippen LogP contribution in [0.25, 0.3) is 0 Å². The molecule has 0 aliphatic carbocycles. The Morgan fingerprint density at radius 1 is 0.950 bits per heavy atom. The van der Waals surface area contributed by atoms with Crippen LogP contribution in [0, 0.1) is 5.41 Å². The minimum Gasteiger partial charge on any atom is -0.384 e. The summed E-state index contributed by atoms with van der Waals surface area (Å²) in [5.41, 5.74) is 8.61. The second-order valence-corrected chi connectivity index (χ2v) is 4.75. The Morgan fingerprint density at radius 2 is 1.65 bits per heavy atom. The van der Waals surface area contributed by atoms with Gasteiger partial charge in [0.15, 0.2) is 0 Å². The monoisotopic (exact) mass is 268 g/mol. The minimum atomic E-state index is 0.0975. The summed E-state index contributed by atoms with van der Waals surface area (Å²) in [4.78, 5) is 0. The van der Waals surface area contributed by atoms with Gasteiger partial charge in [-0.3, -0.25) is 5.41 Å². The van der Waals surface area contributed by atoms with E-state index in [1.54, 1.807) is 0 Å². The molecule has 0 bridgehead atoms. The van der Waals surface area contributed by atoms with Crippen LogP contribution >= 0.6 is 0 Å². The highest BCUT2D eigenvalue weighted by atomic mass is 16.5. The number of hydrogen-bond acceptors (Lipinski definition) is 2. The van der Waals surface area contributed by atoms with Gasteiger partial charge in [0.1, 0.15) is 5.84 Å². The van der Waals surface area contributed by atoms with Crippen molar-refractivity contribution in [3.05, 3.63) is 71.3 Å². The molecule has 20 heavy (non-hydrogen) atoms. The molecule has 0 saturated carbocycles. The summed E-state index contributed by atoms with van der Waals surface area (Å²) in [6, 6.07) is 18.0. The highest BCUT2D eigenvalue weighted by Crippen LogP contribution is 2.07. The van der Waals surface area contributed by atoms with Crippen molar-refractivity contribution >= 4 is 5.84 Å². The van der Waals surface area contributed by atoms with Gasteiger partial charge in [0.25, 0.3) is 0 Å². The van der Waals surface area contributed by atoms with E-state index in [1.165, 1.54) is 5.56 Å². The van der Waals surface area contributed by atoms with E-state index in [2.05, 4.69) is 24.3 Å². The zero-order valence-corrected chi connectivity index (χ0v) is 11.5. The average molecular weight is 268 g/mol. The number of hydrogen-bond donors (Lipinski definition) is 2. The molecule has 3 nitrogen and oxygen atoms in total. The largest absolute Gasteiger partial charge is 0.384 e. The lowest BCUT2D eigenvalue weighted by Crippen LogP contribution is -2.10. The molecule has 0 heterocycles. The second kappa shape index (κ2) is 7.46. The number of nitrogens with two attached hydrogens (primary N) is 1. The number of nitrogens with one attached hydrogen (secondary N) is 1. The van der Waals surface area contributed by atoms with E-state index in [9.17, 15) is 0 Å². The minimum absolute atomic E-state index is 0.0975. The molecule has 2 rings (SSSR count). The van der Waals surface area contributed by atoms with Crippen molar-refractivity contribution in [2.75, 3.05) is 6.61 Å². The van der Waals surface area contributed by atoms with E-state index in [0.717, 1.165) is 30.6 Å². The van der Waals surface area contributed by atoms with Crippen molar-refractivity contribution in [2.45, 2.75) is 19.4 Å². The van der Waals surface area contributed by atoms with Crippen molar-refractivity contribution in [3.8, 4) is 0 Å². The van der Waals surface area contributed by atoms with Crippen molar-refractivity contribution in [2.24, 2.45) is 5.73 Å². The molecular weight excluding hydrogens is 248 g/mol. The van der Waals surface area contributed by atoms with Gasteiger partial charge in [0.05, 0.1) is 6.61 Å². The first-order valence-electron chi connectivity index (χ1n) is 6.81.